The lowest BCUT2D eigenvalue weighted by Crippen LogP contribution is -2.30. The summed E-state index contributed by atoms with van der Waals surface area (Å²) in [7, 11) is 1.43. The van der Waals surface area contributed by atoms with Gasteiger partial charge < -0.3 is 10.1 Å². The van der Waals surface area contributed by atoms with Crippen LogP contribution in [0.3, 0.4) is 0 Å². The van der Waals surface area contributed by atoms with E-state index in [2.05, 4.69) is 4.98 Å². The minimum absolute atomic E-state index is 0.0709. The lowest BCUT2D eigenvalue weighted by atomic mass is 10.1. The number of carbonyl (C=O) groups is 2. The fourth-order valence-electron chi connectivity index (χ4n) is 2.86. The third-order valence-electron chi connectivity index (χ3n) is 4.47. The van der Waals surface area contributed by atoms with Crippen molar-refractivity contribution in [1.29, 1.82) is 0 Å². The Labute approximate surface area is 131 Å². The molecule has 2 aromatic rings. The maximum Gasteiger partial charge on any atom is 0.331 e. The summed E-state index contributed by atoms with van der Waals surface area (Å²) in [5.41, 5.74) is 6.35. The maximum atomic E-state index is 14.5. The Hall–Kier alpha value is -2.48. The van der Waals surface area contributed by atoms with E-state index in [0.717, 1.165) is 4.90 Å². The van der Waals surface area contributed by atoms with E-state index < -0.39 is 11.7 Å². The van der Waals surface area contributed by atoms with Gasteiger partial charge >= 0.3 is 6.03 Å². The lowest BCUT2D eigenvalue weighted by molar-refractivity contribution is -0.123. The first-order valence-electron chi connectivity index (χ1n) is 7.42. The van der Waals surface area contributed by atoms with Crippen molar-refractivity contribution in [3.63, 3.8) is 0 Å². The van der Waals surface area contributed by atoms with Crippen molar-refractivity contribution in [3.8, 4) is 0 Å². The Bertz CT molecular complexity index is 842. The van der Waals surface area contributed by atoms with E-state index in [9.17, 15) is 14.0 Å². The van der Waals surface area contributed by atoms with Crippen molar-refractivity contribution in [1.82, 2.24) is 14.3 Å². The number of urea groups is 1. The summed E-state index contributed by atoms with van der Waals surface area (Å²) in [6, 6.07) is 1.19. The zero-order chi connectivity index (χ0) is 16.4. The van der Waals surface area contributed by atoms with Gasteiger partial charge in [-0.15, -0.1) is 0 Å². The van der Waals surface area contributed by atoms with Gasteiger partial charge in [-0.25, -0.2) is 14.2 Å². The van der Waals surface area contributed by atoms with E-state index >= 15 is 0 Å². The van der Waals surface area contributed by atoms with Gasteiger partial charge in [0, 0.05) is 31.5 Å². The van der Waals surface area contributed by atoms with Crippen LogP contribution in [0.4, 0.5) is 14.9 Å². The highest BCUT2D eigenvalue weighted by Gasteiger charge is 2.46. The zero-order valence-electron chi connectivity index (χ0n) is 12.6. The Morgan fingerprint density at radius 3 is 2.65 bits per heavy atom. The summed E-state index contributed by atoms with van der Waals surface area (Å²) in [6.07, 6.45) is 4.33. The smallest absolute Gasteiger partial charge is 0.325 e. The van der Waals surface area contributed by atoms with E-state index in [1.807, 2.05) is 0 Å². The minimum Gasteiger partial charge on any atom is -0.325 e. The number of hydrogen-bond donors (Lipinski definition) is 1. The number of imide groups is 1. The molecule has 2 N–H and O–H groups in total. The second-order valence-corrected chi connectivity index (χ2v) is 6.07. The Balaban J connectivity index is 1.91. The number of hydrogen-bond acceptors (Lipinski definition) is 4. The van der Waals surface area contributed by atoms with Gasteiger partial charge in [0.15, 0.2) is 5.65 Å². The molecule has 1 aliphatic heterocycles. The number of pyridine rings is 1. The number of amides is 3. The number of nitrogens with two attached hydrogens (primary N) is 1. The monoisotopic (exact) mass is 317 g/mol. The number of rotatable bonds is 3. The average molecular weight is 317 g/mol. The van der Waals surface area contributed by atoms with Gasteiger partial charge in [0.1, 0.15) is 12.2 Å². The molecule has 2 aromatic heterocycles. The first-order chi connectivity index (χ1) is 10.9. The summed E-state index contributed by atoms with van der Waals surface area (Å²) in [5, 5.41) is 0. The third-order valence-corrected chi connectivity index (χ3v) is 4.47. The molecule has 2 fully saturated rings. The number of anilines is 1. The molecular weight excluding hydrogens is 301 g/mol. The van der Waals surface area contributed by atoms with Gasteiger partial charge in [0.2, 0.25) is 5.91 Å². The molecule has 0 atom stereocenters. The summed E-state index contributed by atoms with van der Waals surface area (Å²) in [4.78, 5) is 30.9. The maximum absolute atomic E-state index is 14.5. The van der Waals surface area contributed by atoms with Crippen LogP contribution in [0.5, 0.6) is 0 Å². The average Bonchev–Trinajstić information content (AvgIpc) is 3.06. The van der Waals surface area contributed by atoms with E-state index in [1.165, 1.54) is 11.9 Å². The predicted octanol–water partition coefficient (Wildman–Crippen LogP) is 1.15. The van der Waals surface area contributed by atoms with Crippen LogP contribution >= 0.6 is 0 Å². The van der Waals surface area contributed by atoms with E-state index in [-0.39, 0.29) is 19.0 Å². The second kappa shape index (κ2) is 4.51. The molecule has 4 rings (SSSR count). The highest BCUT2D eigenvalue weighted by atomic mass is 19.1. The number of likely N-dealkylation sites (N-methyl/N-ethyl adjacent to an activating group) is 1. The molecule has 2 aliphatic rings. The molecule has 0 radical (unpaired) electrons. The van der Waals surface area contributed by atoms with Crippen LogP contribution in [0.15, 0.2) is 18.5 Å². The Kier molecular flexibility index (Phi) is 2.77. The third kappa shape index (κ3) is 2.02. The first kappa shape index (κ1) is 14.1. The predicted molar refractivity (Wildman–Crippen MR) is 80.6 cm³/mol. The fraction of sp³-hybridized carbons (Fsp3) is 0.400. The molecule has 0 bridgehead atoms. The first-order valence-corrected chi connectivity index (χ1v) is 7.42. The van der Waals surface area contributed by atoms with Gasteiger partial charge in [-0.1, -0.05) is 0 Å². The van der Waals surface area contributed by atoms with Gasteiger partial charge in [-0.3, -0.25) is 14.6 Å². The largest absolute Gasteiger partial charge is 0.331 e. The van der Waals surface area contributed by atoms with E-state index in [1.54, 1.807) is 22.9 Å². The standard InChI is InChI=1S/C15H16FN5O2/c1-19-12(22)8-21(14(19)23)11-4-9(15(16)2-3-15)6-20-7-10(5-17)18-13(11)20/h4,6-7H,2-3,5,8,17H2,1H3. The van der Waals surface area contributed by atoms with Crippen molar-refractivity contribution in [3.05, 3.63) is 29.7 Å². The summed E-state index contributed by atoms with van der Waals surface area (Å²) in [5.74, 6) is -0.300. The molecule has 3 heterocycles. The van der Waals surface area contributed by atoms with Gasteiger partial charge in [-0.05, 0) is 18.9 Å². The molecule has 8 heteroatoms. The number of imidazole rings is 1. The number of alkyl halides is 1. The van der Waals surface area contributed by atoms with Crippen molar-refractivity contribution in [2.24, 2.45) is 5.73 Å². The van der Waals surface area contributed by atoms with Crippen LogP contribution in [-0.2, 0) is 17.0 Å². The normalized spacial score (nSPS) is 20.0. The molecule has 3 amide bonds. The van der Waals surface area contributed by atoms with Crippen LogP contribution in [0.25, 0.3) is 5.65 Å². The summed E-state index contributed by atoms with van der Waals surface area (Å²) >= 11 is 0. The van der Waals surface area contributed by atoms with Crippen molar-refractivity contribution in [2.45, 2.75) is 25.1 Å². The molecule has 120 valence electrons. The number of halogens is 1. The van der Waals surface area contributed by atoms with E-state index in [4.69, 9.17) is 5.73 Å². The SMILES string of the molecule is CN1C(=O)CN(c2cc(C3(F)CC3)cn3cc(CN)nc23)C1=O. The van der Waals surface area contributed by atoms with Gasteiger partial charge in [-0.2, -0.15) is 0 Å². The topological polar surface area (TPSA) is 83.9 Å². The zero-order valence-corrected chi connectivity index (χ0v) is 12.6. The number of aromatic nitrogens is 2. The van der Waals surface area contributed by atoms with Gasteiger partial charge in [0.25, 0.3) is 0 Å². The number of carbonyl (C=O) groups excluding carboxylic acids is 2. The molecule has 23 heavy (non-hydrogen) atoms. The molecule has 0 spiro atoms. The highest BCUT2D eigenvalue weighted by Crippen LogP contribution is 2.50. The van der Waals surface area contributed by atoms with Crippen LogP contribution in [0.2, 0.25) is 0 Å². The van der Waals surface area contributed by atoms with Crippen LogP contribution in [0, 0.1) is 0 Å². The van der Waals surface area contributed by atoms with Crippen molar-refractivity contribution >= 4 is 23.3 Å². The summed E-state index contributed by atoms with van der Waals surface area (Å²) in [6.45, 7) is 0.169. The van der Waals surface area contributed by atoms with Crippen LogP contribution in [0.1, 0.15) is 24.1 Å². The molecule has 7 nitrogen and oxygen atoms in total. The molecule has 1 aliphatic carbocycles. The molecule has 1 saturated carbocycles. The summed E-state index contributed by atoms with van der Waals surface area (Å²) < 4.78 is 16.2. The Morgan fingerprint density at radius 1 is 1.35 bits per heavy atom. The van der Waals surface area contributed by atoms with Crippen LogP contribution in [-0.4, -0.2) is 39.8 Å². The number of fused-ring (bicyclic) bond motifs is 1. The van der Waals surface area contributed by atoms with Gasteiger partial charge in [0.05, 0.1) is 11.4 Å². The quantitative estimate of drug-likeness (QED) is 0.861. The van der Waals surface area contributed by atoms with E-state index in [0.29, 0.717) is 35.4 Å². The molecule has 0 unspecified atom stereocenters. The highest BCUT2D eigenvalue weighted by molar-refractivity contribution is 6.13. The molecular formula is C15H16FN5O2. The van der Waals surface area contributed by atoms with Crippen molar-refractivity contribution < 1.29 is 14.0 Å². The molecule has 1 saturated heterocycles. The van der Waals surface area contributed by atoms with Crippen LogP contribution < -0.4 is 10.6 Å². The number of nitrogens with zero attached hydrogens (tertiary/aromatic N) is 4. The molecule has 0 aromatic carbocycles. The second-order valence-electron chi connectivity index (χ2n) is 6.07. The lowest BCUT2D eigenvalue weighted by Gasteiger charge is -2.18. The Morgan fingerprint density at radius 2 is 2.09 bits per heavy atom. The minimum atomic E-state index is -1.35. The van der Waals surface area contributed by atoms with Crippen molar-refractivity contribution in [2.75, 3.05) is 18.5 Å². The fourth-order valence-corrected chi connectivity index (χ4v) is 2.86.